The van der Waals surface area contributed by atoms with Gasteiger partial charge in [-0.1, -0.05) is 0 Å². The van der Waals surface area contributed by atoms with Crippen molar-refractivity contribution in [2.24, 2.45) is 0 Å². The molecule has 0 bridgehead atoms. The van der Waals surface area contributed by atoms with Gasteiger partial charge in [0.2, 0.25) is 0 Å². The highest BCUT2D eigenvalue weighted by atomic mass is 16.3. The second kappa shape index (κ2) is 2.80. The number of rotatable bonds is 1. The summed E-state index contributed by atoms with van der Waals surface area (Å²) in [6, 6.07) is 1.90. The van der Waals surface area contributed by atoms with Crippen LogP contribution in [0.3, 0.4) is 0 Å². The predicted molar refractivity (Wildman–Crippen MR) is 42.3 cm³/mol. The summed E-state index contributed by atoms with van der Waals surface area (Å²) in [5.74, 6) is 0. The molecule has 64 valence electrons. The zero-order chi connectivity index (χ0) is 9.26. The summed E-state index contributed by atoms with van der Waals surface area (Å²) in [4.78, 5) is 11.6. The Hall–Kier alpha value is -2.00. The molecule has 6 heteroatoms. The van der Waals surface area contributed by atoms with Crippen LogP contribution in [-0.2, 0) is 6.73 Å². The zero-order valence-corrected chi connectivity index (χ0v) is 6.55. The third-order valence-corrected chi connectivity index (χ3v) is 1.66. The number of aromatic nitrogens is 4. The zero-order valence-electron chi connectivity index (χ0n) is 6.55. The Morgan fingerprint density at radius 2 is 2.31 bits per heavy atom. The first-order chi connectivity index (χ1) is 6.36. The molecule has 0 fully saturated rings. The lowest BCUT2D eigenvalue weighted by Crippen LogP contribution is -1.96. The van der Waals surface area contributed by atoms with E-state index in [1.165, 1.54) is 17.2 Å². The number of hydrogen-bond donors (Lipinski definition) is 1. The normalized spacial score (nSPS) is 10.2. The third-order valence-electron chi connectivity index (χ3n) is 1.66. The molecule has 0 aromatic carbocycles. The molecule has 0 radical (unpaired) electrons. The number of aliphatic hydroxyl groups excluding tert-OH is 1. The van der Waals surface area contributed by atoms with E-state index < -0.39 is 0 Å². The lowest BCUT2D eigenvalue weighted by atomic mass is 10.4. The smallest absolute Gasteiger partial charge is 0.171 e. The molecule has 0 spiro atoms. The Kier molecular flexibility index (Phi) is 1.65. The highest BCUT2D eigenvalue weighted by Gasteiger charge is 2.07. The maximum Gasteiger partial charge on any atom is 0.171 e. The second-order valence-electron chi connectivity index (χ2n) is 2.36. The Morgan fingerprint density at radius 3 is 3.00 bits per heavy atom. The number of fused-ring (bicyclic) bond motifs is 1. The van der Waals surface area contributed by atoms with Gasteiger partial charge in [0.1, 0.15) is 24.6 Å². The van der Waals surface area contributed by atoms with Gasteiger partial charge in [-0.2, -0.15) is 5.26 Å². The Morgan fingerprint density at radius 1 is 1.46 bits per heavy atom. The molecule has 0 aliphatic carbocycles. The van der Waals surface area contributed by atoms with Gasteiger partial charge in [0, 0.05) is 0 Å². The summed E-state index contributed by atoms with van der Waals surface area (Å²) in [5, 5.41) is 17.5. The van der Waals surface area contributed by atoms with Gasteiger partial charge < -0.3 is 5.11 Å². The number of hydrogen-bond acceptors (Lipinski definition) is 5. The van der Waals surface area contributed by atoms with Crippen LogP contribution in [0.1, 0.15) is 5.69 Å². The highest BCUT2D eigenvalue weighted by Crippen LogP contribution is 2.10. The van der Waals surface area contributed by atoms with Gasteiger partial charge in [-0.05, 0) is 0 Å². The van der Waals surface area contributed by atoms with Gasteiger partial charge in [0.05, 0.1) is 6.33 Å². The lowest BCUT2D eigenvalue weighted by molar-refractivity contribution is 0.214. The van der Waals surface area contributed by atoms with Gasteiger partial charge in [0.15, 0.2) is 11.3 Å². The maximum atomic E-state index is 8.87. The molecule has 0 aliphatic rings. The fourth-order valence-corrected chi connectivity index (χ4v) is 1.07. The summed E-state index contributed by atoms with van der Waals surface area (Å²) in [6.07, 6.45) is 2.69. The van der Waals surface area contributed by atoms with Crippen molar-refractivity contribution < 1.29 is 5.11 Å². The van der Waals surface area contributed by atoms with Crippen molar-refractivity contribution in [3.8, 4) is 6.07 Å². The Labute approximate surface area is 73.1 Å². The van der Waals surface area contributed by atoms with Gasteiger partial charge in [-0.25, -0.2) is 15.0 Å². The van der Waals surface area contributed by atoms with Gasteiger partial charge in [-0.3, -0.25) is 4.57 Å². The van der Waals surface area contributed by atoms with Crippen molar-refractivity contribution in [2.45, 2.75) is 6.73 Å². The van der Waals surface area contributed by atoms with Crippen LogP contribution in [-0.4, -0.2) is 24.6 Å². The number of aliphatic hydroxyl groups is 1. The van der Waals surface area contributed by atoms with Crippen LogP contribution in [0.25, 0.3) is 11.2 Å². The van der Waals surface area contributed by atoms with E-state index >= 15 is 0 Å². The van der Waals surface area contributed by atoms with Gasteiger partial charge >= 0.3 is 0 Å². The summed E-state index contributed by atoms with van der Waals surface area (Å²) in [5.41, 5.74) is 1.10. The van der Waals surface area contributed by atoms with E-state index in [4.69, 9.17) is 10.4 Å². The Balaban J connectivity index is 2.81. The van der Waals surface area contributed by atoms with Crippen molar-refractivity contribution in [2.75, 3.05) is 0 Å². The first-order valence-corrected chi connectivity index (χ1v) is 3.53. The van der Waals surface area contributed by atoms with E-state index in [9.17, 15) is 0 Å². The van der Waals surface area contributed by atoms with Crippen LogP contribution in [0.15, 0.2) is 12.7 Å². The van der Waals surface area contributed by atoms with Crippen LogP contribution in [0.2, 0.25) is 0 Å². The van der Waals surface area contributed by atoms with Gasteiger partial charge in [0.25, 0.3) is 0 Å². The van der Waals surface area contributed by atoms with Crippen molar-refractivity contribution in [1.29, 1.82) is 5.26 Å². The largest absolute Gasteiger partial charge is 0.376 e. The van der Waals surface area contributed by atoms with Crippen molar-refractivity contribution in [3.63, 3.8) is 0 Å². The minimum atomic E-state index is -0.210. The molecule has 0 atom stereocenters. The quantitative estimate of drug-likeness (QED) is 0.639. The third kappa shape index (κ3) is 1.02. The van der Waals surface area contributed by atoms with Crippen molar-refractivity contribution >= 4 is 11.2 Å². The fourth-order valence-electron chi connectivity index (χ4n) is 1.07. The topological polar surface area (TPSA) is 87.6 Å². The summed E-state index contributed by atoms with van der Waals surface area (Å²) < 4.78 is 1.43. The molecule has 0 amide bonds. The van der Waals surface area contributed by atoms with Crippen molar-refractivity contribution in [1.82, 2.24) is 19.5 Å². The van der Waals surface area contributed by atoms with Crippen LogP contribution < -0.4 is 0 Å². The predicted octanol–water partition coefficient (Wildman–Crippen LogP) is -0.352. The SMILES string of the molecule is N#Cc1ncnc2c1ncn2CO. The van der Waals surface area contributed by atoms with E-state index in [1.807, 2.05) is 6.07 Å². The molecule has 2 aromatic heterocycles. The van der Waals surface area contributed by atoms with Crippen LogP contribution >= 0.6 is 0 Å². The van der Waals surface area contributed by atoms with Gasteiger partial charge in [-0.15, -0.1) is 0 Å². The van der Waals surface area contributed by atoms with E-state index in [0.29, 0.717) is 11.2 Å². The number of imidazole rings is 1. The standard InChI is InChI=1S/C7H5N5O/c8-1-5-6-7(10-2-9-5)12(4-13)3-11-6/h2-3,13H,4H2. The molecule has 1 N–H and O–H groups in total. The fraction of sp³-hybridized carbons (Fsp3) is 0.143. The molecular weight excluding hydrogens is 170 g/mol. The minimum absolute atomic E-state index is 0.210. The molecule has 13 heavy (non-hydrogen) atoms. The average Bonchev–Trinajstić information content (AvgIpc) is 2.60. The average molecular weight is 175 g/mol. The summed E-state index contributed by atoms with van der Waals surface area (Å²) in [6.45, 7) is -0.210. The minimum Gasteiger partial charge on any atom is -0.376 e. The summed E-state index contributed by atoms with van der Waals surface area (Å²) in [7, 11) is 0. The van der Waals surface area contributed by atoms with E-state index in [-0.39, 0.29) is 12.4 Å². The van der Waals surface area contributed by atoms with E-state index in [0.717, 1.165) is 0 Å². The van der Waals surface area contributed by atoms with Crippen LogP contribution in [0.4, 0.5) is 0 Å². The molecule has 2 aromatic rings. The van der Waals surface area contributed by atoms with Crippen LogP contribution in [0, 0.1) is 11.3 Å². The molecule has 0 saturated heterocycles. The summed E-state index contributed by atoms with van der Waals surface area (Å²) >= 11 is 0. The maximum absolute atomic E-state index is 8.87. The lowest BCUT2D eigenvalue weighted by Gasteiger charge is -1.95. The monoisotopic (exact) mass is 175 g/mol. The molecule has 2 rings (SSSR count). The second-order valence-corrected chi connectivity index (χ2v) is 2.36. The van der Waals surface area contributed by atoms with Crippen LogP contribution in [0.5, 0.6) is 0 Å². The van der Waals surface area contributed by atoms with E-state index in [2.05, 4.69) is 15.0 Å². The first kappa shape index (κ1) is 7.64. The number of nitriles is 1. The molecular formula is C7H5N5O. The first-order valence-electron chi connectivity index (χ1n) is 3.53. The molecule has 6 nitrogen and oxygen atoms in total. The highest BCUT2D eigenvalue weighted by molar-refractivity contribution is 5.75. The molecule has 0 saturated carbocycles. The molecule has 0 unspecified atom stereocenters. The molecule has 0 aliphatic heterocycles. The van der Waals surface area contributed by atoms with Crippen molar-refractivity contribution in [3.05, 3.63) is 18.3 Å². The number of nitrogens with zero attached hydrogens (tertiary/aromatic N) is 5. The molecule has 2 heterocycles. The van der Waals surface area contributed by atoms with E-state index in [1.54, 1.807) is 0 Å². The Bertz CT molecular complexity index is 483.